The van der Waals surface area contributed by atoms with Crippen LogP contribution in [0.1, 0.15) is 30.1 Å². The lowest BCUT2D eigenvalue weighted by molar-refractivity contribution is -0.120. The van der Waals surface area contributed by atoms with Gasteiger partial charge in [0.2, 0.25) is 5.91 Å². The third kappa shape index (κ3) is 1.55. The molecule has 0 saturated carbocycles. The molecule has 2 aliphatic rings. The summed E-state index contributed by atoms with van der Waals surface area (Å²) in [7, 11) is 0. The van der Waals surface area contributed by atoms with Gasteiger partial charge in [0.15, 0.2) is 0 Å². The van der Waals surface area contributed by atoms with Crippen molar-refractivity contribution in [1.82, 2.24) is 10.3 Å². The summed E-state index contributed by atoms with van der Waals surface area (Å²) in [6.07, 6.45) is 4.33. The maximum Gasteiger partial charge on any atom is 0.221 e. The normalized spacial score (nSPS) is 28.2. The molecule has 0 bridgehead atoms. The van der Waals surface area contributed by atoms with Gasteiger partial charge in [-0.15, -0.1) is 11.3 Å². The summed E-state index contributed by atoms with van der Waals surface area (Å²) in [5.41, 5.74) is 1.77. The SMILES string of the molecule is O=C1CC(c2cncs2)C2(CCOCC2)N1. The molecule has 0 radical (unpaired) electrons. The van der Waals surface area contributed by atoms with Crippen LogP contribution in [0, 0.1) is 0 Å². The maximum absolute atomic E-state index is 11.7. The van der Waals surface area contributed by atoms with Crippen LogP contribution >= 0.6 is 11.3 Å². The van der Waals surface area contributed by atoms with Crippen molar-refractivity contribution in [3.8, 4) is 0 Å². The number of carbonyl (C=O) groups is 1. The third-order valence-corrected chi connectivity index (χ3v) is 4.51. The number of rotatable bonds is 1. The molecule has 2 saturated heterocycles. The highest BCUT2D eigenvalue weighted by Gasteiger charge is 2.48. The second kappa shape index (κ2) is 3.82. The number of hydrogen-bond donors (Lipinski definition) is 1. The van der Waals surface area contributed by atoms with Gasteiger partial charge in [-0.2, -0.15) is 0 Å². The van der Waals surface area contributed by atoms with E-state index in [2.05, 4.69) is 10.3 Å². The first-order valence-electron chi connectivity index (χ1n) is 5.57. The molecule has 3 heterocycles. The minimum absolute atomic E-state index is 0.0676. The molecule has 0 aromatic carbocycles. The summed E-state index contributed by atoms with van der Waals surface area (Å²) in [5, 5.41) is 3.17. The van der Waals surface area contributed by atoms with E-state index in [1.165, 1.54) is 4.88 Å². The highest BCUT2D eigenvalue weighted by atomic mass is 32.1. The molecule has 1 aromatic rings. The van der Waals surface area contributed by atoms with Crippen LogP contribution in [-0.2, 0) is 9.53 Å². The molecule has 5 heteroatoms. The second-order valence-electron chi connectivity index (χ2n) is 4.48. The molecule has 3 rings (SSSR count). The minimum atomic E-state index is -0.0676. The Hall–Kier alpha value is -0.940. The molecule has 1 spiro atoms. The van der Waals surface area contributed by atoms with Gasteiger partial charge in [0.1, 0.15) is 0 Å². The Kier molecular flexibility index (Phi) is 2.44. The van der Waals surface area contributed by atoms with E-state index in [1.54, 1.807) is 11.3 Å². The summed E-state index contributed by atoms with van der Waals surface area (Å²) in [6, 6.07) is 0. The van der Waals surface area contributed by atoms with Crippen LogP contribution in [0.5, 0.6) is 0 Å². The maximum atomic E-state index is 11.7. The Morgan fingerprint density at radius 3 is 3.00 bits per heavy atom. The van der Waals surface area contributed by atoms with E-state index < -0.39 is 0 Å². The third-order valence-electron chi connectivity index (χ3n) is 3.62. The summed E-state index contributed by atoms with van der Waals surface area (Å²) in [6.45, 7) is 1.49. The van der Waals surface area contributed by atoms with Gasteiger partial charge >= 0.3 is 0 Å². The van der Waals surface area contributed by atoms with E-state index in [4.69, 9.17) is 4.74 Å². The van der Waals surface area contributed by atoms with Gasteiger partial charge in [0, 0.05) is 36.6 Å². The van der Waals surface area contributed by atoms with Crippen molar-refractivity contribution in [3.05, 3.63) is 16.6 Å². The lowest BCUT2D eigenvalue weighted by Crippen LogP contribution is -2.49. The molecule has 1 atom stereocenters. The van der Waals surface area contributed by atoms with Gasteiger partial charge in [0.25, 0.3) is 0 Å². The molecule has 1 unspecified atom stereocenters. The largest absolute Gasteiger partial charge is 0.381 e. The van der Waals surface area contributed by atoms with Gasteiger partial charge < -0.3 is 10.1 Å². The standard InChI is InChI=1S/C11H14N2O2S/c14-10-5-8(9-6-12-7-16-9)11(13-10)1-3-15-4-2-11/h6-8H,1-5H2,(H,13,14). The fourth-order valence-corrected chi connectivity index (χ4v) is 3.61. The number of ether oxygens (including phenoxy) is 1. The Balaban J connectivity index is 1.93. The van der Waals surface area contributed by atoms with Crippen molar-refractivity contribution in [3.63, 3.8) is 0 Å². The quantitative estimate of drug-likeness (QED) is 0.802. The molecule has 1 amide bonds. The predicted octanol–water partition coefficient (Wildman–Crippen LogP) is 1.30. The molecule has 16 heavy (non-hydrogen) atoms. The number of aromatic nitrogens is 1. The zero-order valence-corrected chi connectivity index (χ0v) is 9.76. The zero-order valence-electron chi connectivity index (χ0n) is 8.94. The Morgan fingerprint density at radius 1 is 1.50 bits per heavy atom. The highest BCUT2D eigenvalue weighted by molar-refractivity contribution is 7.09. The van der Waals surface area contributed by atoms with Gasteiger partial charge in [-0.1, -0.05) is 0 Å². The monoisotopic (exact) mass is 238 g/mol. The van der Waals surface area contributed by atoms with Crippen molar-refractivity contribution < 1.29 is 9.53 Å². The van der Waals surface area contributed by atoms with E-state index in [-0.39, 0.29) is 17.4 Å². The fourth-order valence-electron chi connectivity index (χ4n) is 2.78. The predicted molar refractivity (Wildman–Crippen MR) is 60.4 cm³/mol. The van der Waals surface area contributed by atoms with Crippen molar-refractivity contribution in [2.75, 3.05) is 13.2 Å². The van der Waals surface area contributed by atoms with Gasteiger partial charge in [-0.05, 0) is 12.8 Å². The first-order valence-corrected chi connectivity index (χ1v) is 6.45. The highest BCUT2D eigenvalue weighted by Crippen LogP contribution is 2.43. The molecule has 0 aliphatic carbocycles. The number of nitrogens with one attached hydrogen (secondary N) is 1. The molecule has 1 aromatic heterocycles. The van der Waals surface area contributed by atoms with Gasteiger partial charge in [0.05, 0.1) is 11.0 Å². The molecular formula is C11H14N2O2S. The van der Waals surface area contributed by atoms with Crippen LogP contribution in [0.25, 0.3) is 0 Å². The van der Waals surface area contributed by atoms with Crippen LogP contribution in [0.15, 0.2) is 11.7 Å². The van der Waals surface area contributed by atoms with Gasteiger partial charge in [-0.25, -0.2) is 0 Å². The van der Waals surface area contributed by atoms with E-state index in [0.717, 1.165) is 26.1 Å². The number of nitrogens with zero attached hydrogens (tertiary/aromatic N) is 1. The molecule has 86 valence electrons. The first-order chi connectivity index (χ1) is 7.80. The van der Waals surface area contributed by atoms with E-state index in [9.17, 15) is 4.79 Å². The zero-order chi connectivity index (χ0) is 11.0. The van der Waals surface area contributed by atoms with Crippen LogP contribution < -0.4 is 5.32 Å². The number of carbonyl (C=O) groups excluding carboxylic acids is 1. The Labute approximate surface area is 98.0 Å². The number of amides is 1. The summed E-state index contributed by atoms with van der Waals surface area (Å²) >= 11 is 1.65. The summed E-state index contributed by atoms with van der Waals surface area (Å²) in [5.74, 6) is 0.455. The topological polar surface area (TPSA) is 51.2 Å². The minimum Gasteiger partial charge on any atom is -0.381 e. The molecule has 2 fully saturated rings. The number of thiazole rings is 1. The second-order valence-corrected chi connectivity index (χ2v) is 5.40. The van der Waals surface area contributed by atoms with Crippen molar-refractivity contribution >= 4 is 17.2 Å². The Morgan fingerprint density at radius 2 is 2.31 bits per heavy atom. The molecule has 2 aliphatic heterocycles. The van der Waals surface area contributed by atoms with Crippen LogP contribution in [-0.4, -0.2) is 29.6 Å². The smallest absolute Gasteiger partial charge is 0.221 e. The molecular weight excluding hydrogens is 224 g/mol. The average Bonchev–Trinajstić information content (AvgIpc) is 2.88. The van der Waals surface area contributed by atoms with Crippen molar-refractivity contribution in [1.29, 1.82) is 0 Å². The van der Waals surface area contributed by atoms with Crippen LogP contribution in [0.4, 0.5) is 0 Å². The van der Waals surface area contributed by atoms with E-state index >= 15 is 0 Å². The Bertz CT molecular complexity index is 385. The van der Waals surface area contributed by atoms with Crippen LogP contribution in [0.3, 0.4) is 0 Å². The summed E-state index contributed by atoms with van der Waals surface area (Å²) in [4.78, 5) is 17.0. The summed E-state index contributed by atoms with van der Waals surface area (Å²) < 4.78 is 5.39. The first kappa shape index (κ1) is 10.2. The lowest BCUT2D eigenvalue weighted by Gasteiger charge is -2.37. The fraction of sp³-hybridized carbons (Fsp3) is 0.636. The van der Waals surface area contributed by atoms with E-state index in [1.807, 2.05) is 11.7 Å². The van der Waals surface area contributed by atoms with Crippen LogP contribution in [0.2, 0.25) is 0 Å². The molecule has 4 nitrogen and oxygen atoms in total. The molecule has 1 N–H and O–H groups in total. The van der Waals surface area contributed by atoms with Crippen molar-refractivity contribution in [2.45, 2.75) is 30.7 Å². The number of hydrogen-bond acceptors (Lipinski definition) is 4. The van der Waals surface area contributed by atoms with Gasteiger partial charge in [-0.3, -0.25) is 9.78 Å². The van der Waals surface area contributed by atoms with E-state index in [0.29, 0.717) is 6.42 Å². The van der Waals surface area contributed by atoms with Crippen molar-refractivity contribution in [2.24, 2.45) is 0 Å². The average molecular weight is 238 g/mol. The lowest BCUT2D eigenvalue weighted by atomic mass is 9.79.